The monoisotopic (exact) mass is 325 g/mol. The maximum atomic E-state index is 12.4. The molecule has 0 aliphatic heterocycles. The third-order valence-corrected chi connectivity index (χ3v) is 4.44. The second-order valence-electron chi connectivity index (χ2n) is 6.21. The number of ether oxygens (including phenoxy) is 2. The number of carbonyl (C=O) groups is 1. The van der Waals surface area contributed by atoms with Gasteiger partial charge in [0, 0.05) is 13.0 Å². The van der Waals surface area contributed by atoms with Crippen LogP contribution in [-0.4, -0.2) is 19.8 Å². The molecule has 126 valence electrons. The van der Waals surface area contributed by atoms with Crippen molar-refractivity contribution in [3.8, 4) is 5.75 Å². The minimum absolute atomic E-state index is 0.0322. The molecule has 1 N–H and O–H groups in total. The van der Waals surface area contributed by atoms with Crippen LogP contribution in [0.5, 0.6) is 5.75 Å². The summed E-state index contributed by atoms with van der Waals surface area (Å²) in [5.41, 5.74) is 2.31. The van der Waals surface area contributed by atoms with Gasteiger partial charge in [-0.1, -0.05) is 42.5 Å². The predicted molar refractivity (Wildman–Crippen MR) is 92.8 cm³/mol. The molecule has 0 aromatic heterocycles. The molecule has 3 atom stereocenters. The summed E-state index contributed by atoms with van der Waals surface area (Å²) in [5, 5.41) is 3.12. The van der Waals surface area contributed by atoms with Gasteiger partial charge in [-0.25, -0.2) is 0 Å². The van der Waals surface area contributed by atoms with Crippen LogP contribution in [0.4, 0.5) is 0 Å². The van der Waals surface area contributed by atoms with Gasteiger partial charge < -0.3 is 14.8 Å². The molecule has 1 aliphatic carbocycles. The molecule has 4 nitrogen and oxygen atoms in total. The van der Waals surface area contributed by atoms with Crippen LogP contribution in [0.15, 0.2) is 54.6 Å². The minimum Gasteiger partial charge on any atom is -0.468 e. The van der Waals surface area contributed by atoms with Crippen molar-refractivity contribution in [2.24, 2.45) is 5.92 Å². The molecule has 2 aromatic rings. The first-order valence-electron chi connectivity index (χ1n) is 8.26. The molecular weight excluding hydrogens is 302 g/mol. The second kappa shape index (κ2) is 7.49. The van der Waals surface area contributed by atoms with Crippen molar-refractivity contribution in [2.75, 3.05) is 13.9 Å². The first kappa shape index (κ1) is 16.5. The topological polar surface area (TPSA) is 47.6 Å². The molecule has 24 heavy (non-hydrogen) atoms. The number of hydrogen-bond donors (Lipinski definition) is 1. The summed E-state index contributed by atoms with van der Waals surface area (Å²) in [6.07, 6.45) is 0.908. The lowest BCUT2D eigenvalue weighted by molar-refractivity contribution is -0.123. The number of carbonyl (C=O) groups excluding carboxylic acids is 1. The van der Waals surface area contributed by atoms with E-state index in [9.17, 15) is 4.79 Å². The van der Waals surface area contributed by atoms with E-state index in [-0.39, 0.29) is 24.7 Å². The molecule has 0 heterocycles. The van der Waals surface area contributed by atoms with Crippen LogP contribution in [0.2, 0.25) is 0 Å². The van der Waals surface area contributed by atoms with Crippen molar-refractivity contribution in [3.05, 3.63) is 65.7 Å². The van der Waals surface area contributed by atoms with Crippen LogP contribution in [-0.2, 0) is 9.53 Å². The molecule has 3 rings (SSSR count). The smallest absolute Gasteiger partial charge is 0.224 e. The molecule has 0 radical (unpaired) electrons. The van der Waals surface area contributed by atoms with E-state index in [2.05, 4.69) is 5.32 Å². The highest BCUT2D eigenvalue weighted by Gasteiger charge is 2.44. The maximum Gasteiger partial charge on any atom is 0.224 e. The van der Waals surface area contributed by atoms with Gasteiger partial charge in [0.1, 0.15) is 5.75 Å². The van der Waals surface area contributed by atoms with E-state index in [1.165, 1.54) is 5.56 Å². The van der Waals surface area contributed by atoms with Crippen LogP contribution < -0.4 is 10.1 Å². The molecule has 0 bridgehead atoms. The number of benzene rings is 2. The van der Waals surface area contributed by atoms with Gasteiger partial charge in [-0.05, 0) is 42.5 Å². The fourth-order valence-corrected chi connectivity index (χ4v) is 2.94. The first-order chi connectivity index (χ1) is 11.7. The van der Waals surface area contributed by atoms with Crippen LogP contribution >= 0.6 is 0 Å². The van der Waals surface area contributed by atoms with Crippen molar-refractivity contribution in [3.63, 3.8) is 0 Å². The highest BCUT2D eigenvalue weighted by Crippen LogP contribution is 2.48. The lowest BCUT2D eigenvalue weighted by Gasteiger charge is -2.14. The van der Waals surface area contributed by atoms with Crippen molar-refractivity contribution >= 4 is 5.91 Å². The third-order valence-electron chi connectivity index (χ3n) is 4.44. The summed E-state index contributed by atoms with van der Waals surface area (Å²) in [7, 11) is 1.60. The summed E-state index contributed by atoms with van der Waals surface area (Å²) >= 11 is 0. The zero-order valence-electron chi connectivity index (χ0n) is 14.1. The summed E-state index contributed by atoms with van der Waals surface area (Å²) in [6.45, 7) is 2.26. The quantitative estimate of drug-likeness (QED) is 0.791. The summed E-state index contributed by atoms with van der Waals surface area (Å²) in [6, 6.07) is 18.0. The Kier molecular flexibility index (Phi) is 5.16. The van der Waals surface area contributed by atoms with E-state index in [1.807, 2.05) is 61.5 Å². The Morgan fingerprint density at radius 3 is 2.54 bits per heavy atom. The fourth-order valence-electron chi connectivity index (χ4n) is 2.94. The molecule has 1 aliphatic rings. The van der Waals surface area contributed by atoms with Gasteiger partial charge in [-0.15, -0.1) is 0 Å². The highest BCUT2D eigenvalue weighted by molar-refractivity contribution is 5.83. The Morgan fingerprint density at radius 1 is 1.17 bits per heavy atom. The molecule has 2 aromatic carbocycles. The van der Waals surface area contributed by atoms with Crippen molar-refractivity contribution in [2.45, 2.75) is 25.3 Å². The van der Waals surface area contributed by atoms with Crippen LogP contribution in [0.3, 0.4) is 0 Å². The first-order valence-corrected chi connectivity index (χ1v) is 8.26. The number of methoxy groups -OCH3 is 1. The molecular formula is C20H23NO3. The normalized spacial score (nSPS) is 20.2. The highest BCUT2D eigenvalue weighted by atomic mass is 16.7. The average molecular weight is 325 g/mol. The number of nitrogens with one attached hydrogen (secondary N) is 1. The second-order valence-corrected chi connectivity index (χ2v) is 6.21. The number of amides is 1. The average Bonchev–Trinajstić information content (AvgIpc) is 3.42. The van der Waals surface area contributed by atoms with Gasteiger partial charge in [0.15, 0.2) is 6.79 Å². The SMILES string of the molecule is COCOc1ccc(C2CC2C(=O)NC(C)c2ccccc2)cc1. The van der Waals surface area contributed by atoms with Crippen molar-refractivity contribution < 1.29 is 14.3 Å². The van der Waals surface area contributed by atoms with Crippen molar-refractivity contribution in [1.29, 1.82) is 0 Å². The Morgan fingerprint density at radius 2 is 1.88 bits per heavy atom. The van der Waals surface area contributed by atoms with E-state index in [0.29, 0.717) is 5.92 Å². The van der Waals surface area contributed by atoms with E-state index < -0.39 is 0 Å². The van der Waals surface area contributed by atoms with E-state index >= 15 is 0 Å². The zero-order chi connectivity index (χ0) is 16.9. The maximum absolute atomic E-state index is 12.4. The Bertz CT molecular complexity index is 669. The van der Waals surface area contributed by atoms with Crippen LogP contribution in [0.25, 0.3) is 0 Å². The Labute approximate surface area is 142 Å². The van der Waals surface area contributed by atoms with E-state index in [1.54, 1.807) is 7.11 Å². The van der Waals surface area contributed by atoms with Crippen molar-refractivity contribution in [1.82, 2.24) is 5.32 Å². The van der Waals surface area contributed by atoms with Gasteiger partial charge in [0.2, 0.25) is 5.91 Å². The van der Waals surface area contributed by atoms with Crippen LogP contribution in [0, 0.1) is 5.92 Å². The zero-order valence-corrected chi connectivity index (χ0v) is 14.1. The molecule has 1 amide bonds. The fraction of sp³-hybridized carbons (Fsp3) is 0.350. The molecule has 0 spiro atoms. The van der Waals surface area contributed by atoms with E-state index in [0.717, 1.165) is 17.7 Å². The summed E-state index contributed by atoms with van der Waals surface area (Å²) < 4.78 is 10.3. The largest absolute Gasteiger partial charge is 0.468 e. The standard InChI is InChI=1S/C20H23NO3/c1-14(15-6-4-3-5-7-15)21-20(22)19-12-18(19)16-8-10-17(11-9-16)24-13-23-2/h3-11,14,18-19H,12-13H2,1-2H3,(H,21,22). The molecule has 1 fully saturated rings. The predicted octanol–water partition coefficient (Wildman–Crippen LogP) is 3.65. The lowest BCUT2D eigenvalue weighted by atomic mass is 10.1. The van der Waals surface area contributed by atoms with Gasteiger partial charge in [-0.2, -0.15) is 0 Å². The van der Waals surface area contributed by atoms with Gasteiger partial charge in [0.25, 0.3) is 0 Å². The Balaban J connectivity index is 1.54. The lowest BCUT2D eigenvalue weighted by Crippen LogP contribution is -2.28. The van der Waals surface area contributed by atoms with Crippen LogP contribution in [0.1, 0.15) is 36.4 Å². The Hall–Kier alpha value is -2.33. The molecule has 1 saturated carbocycles. The third kappa shape index (κ3) is 3.95. The summed E-state index contributed by atoms with van der Waals surface area (Å²) in [5.74, 6) is 1.29. The molecule has 3 unspecified atom stereocenters. The number of hydrogen-bond acceptors (Lipinski definition) is 3. The summed E-state index contributed by atoms with van der Waals surface area (Å²) in [4.78, 5) is 12.4. The van der Waals surface area contributed by atoms with E-state index in [4.69, 9.17) is 9.47 Å². The number of rotatable bonds is 7. The minimum atomic E-state index is 0.0322. The molecule has 0 saturated heterocycles. The van der Waals surface area contributed by atoms with Gasteiger partial charge >= 0.3 is 0 Å². The molecule has 4 heteroatoms. The van der Waals surface area contributed by atoms with Gasteiger partial charge in [0.05, 0.1) is 6.04 Å². The van der Waals surface area contributed by atoms with Gasteiger partial charge in [-0.3, -0.25) is 4.79 Å².